The number of oxime groups is 1. The van der Waals surface area contributed by atoms with Crippen molar-refractivity contribution in [1.82, 2.24) is 4.90 Å². The molecule has 0 bridgehead atoms. The van der Waals surface area contributed by atoms with E-state index < -0.39 is 40.0 Å². The van der Waals surface area contributed by atoms with Crippen molar-refractivity contribution in [3.05, 3.63) is 154 Å². The average Bonchev–Trinajstić information content (AvgIpc) is 3.33. The minimum Gasteiger partial charge on any atom is -0.459 e. The molecule has 4 aromatic carbocycles. The number of ether oxygens (including phenoxy) is 3. The van der Waals surface area contributed by atoms with Crippen LogP contribution in [0, 0.1) is 33.7 Å². The fourth-order valence-corrected chi connectivity index (χ4v) is 10.2. The number of halogens is 1. The number of unbranched alkanes of at least 4 members (excludes halogenated alkanes) is 2. The van der Waals surface area contributed by atoms with Crippen LogP contribution >= 0.6 is 11.8 Å². The minimum atomic E-state index is -1.56. The maximum atomic E-state index is 15.1. The van der Waals surface area contributed by atoms with E-state index in [0.717, 1.165) is 41.7 Å². The van der Waals surface area contributed by atoms with Crippen LogP contribution in [0.3, 0.4) is 0 Å². The highest BCUT2D eigenvalue weighted by atomic mass is 32.2. The zero-order chi connectivity index (χ0) is 48.4. The van der Waals surface area contributed by atoms with Crippen LogP contribution in [-0.4, -0.2) is 75.2 Å². The van der Waals surface area contributed by atoms with E-state index in [0.29, 0.717) is 46.9 Å². The predicted octanol–water partition coefficient (Wildman–Crippen LogP) is 11.4. The number of aliphatic hydroxyl groups is 2. The summed E-state index contributed by atoms with van der Waals surface area (Å²) in [5.41, 5.74) is 2.89. The summed E-state index contributed by atoms with van der Waals surface area (Å²) in [5, 5.41) is 36.4. The summed E-state index contributed by atoms with van der Waals surface area (Å²) in [7, 11) is 0. The van der Waals surface area contributed by atoms with E-state index in [2.05, 4.69) is 12.7 Å². The highest BCUT2D eigenvalue weighted by molar-refractivity contribution is 7.98. The Balaban J connectivity index is 1.46. The summed E-state index contributed by atoms with van der Waals surface area (Å²) in [6, 6.07) is 24.8. The quantitative estimate of drug-likeness (QED) is 0.0206. The van der Waals surface area contributed by atoms with Gasteiger partial charge in [-0.1, -0.05) is 42.3 Å². The van der Waals surface area contributed by atoms with Crippen molar-refractivity contribution in [3.8, 4) is 17.2 Å². The maximum absolute atomic E-state index is 15.1. The molecule has 1 aliphatic heterocycles. The lowest BCUT2D eigenvalue weighted by Gasteiger charge is -2.60. The molecule has 360 valence electrons. The zero-order valence-corrected chi connectivity index (χ0v) is 40.0. The number of rotatable bonds is 21. The molecule has 6 atom stereocenters. The number of hydrogen-bond acceptors (Lipinski definition) is 11. The second kappa shape index (κ2) is 22.5. The first-order chi connectivity index (χ1) is 32.8. The Kier molecular flexibility index (Phi) is 16.6. The Labute approximate surface area is 402 Å². The standard InChI is InChI=1S/C54H62FN3O9S/c1-6-31-64-54-49(57(35-37-13-18-39(55)19-14-37)50(61)28-17-36-15-20-40(21-16-36)58(62)63)34-47(56-67-53(2,3)4)45-32-38(11-7-9-29-59)44(12-8-10-30-60)51(52(45)54)46-33-42(24-27-48(46)66-54)65-41-22-25-43(68-5)26-23-41/h6,13-28,32-33,38,44,49,51-52,59-60H,1,7-12,29-31,34-35H2,2-5H3/t38-,44+,49-,51+,52+,54+/m0/s1. The smallest absolute Gasteiger partial charge is 0.269 e. The van der Waals surface area contributed by atoms with Crippen molar-refractivity contribution >= 4 is 35.1 Å². The zero-order valence-electron chi connectivity index (χ0n) is 39.2. The maximum Gasteiger partial charge on any atom is 0.269 e. The van der Waals surface area contributed by atoms with Gasteiger partial charge in [0, 0.05) is 60.8 Å². The van der Waals surface area contributed by atoms with Gasteiger partial charge in [-0.05, 0) is 154 Å². The molecule has 4 aromatic rings. The Morgan fingerprint density at radius 2 is 1.68 bits per heavy atom. The van der Waals surface area contributed by atoms with Crippen LogP contribution in [0.5, 0.6) is 17.2 Å². The van der Waals surface area contributed by atoms with E-state index >= 15 is 4.79 Å². The van der Waals surface area contributed by atoms with Crippen LogP contribution in [0.2, 0.25) is 0 Å². The normalized spacial score (nSPS) is 22.4. The molecule has 1 heterocycles. The third kappa shape index (κ3) is 11.7. The molecule has 14 heteroatoms. The summed E-state index contributed by atoms with van der Waals surface area (Å²) in [6.07, 6.45) is 13.5. The van der Waals surface area contributed by atoms with Crippen molar-refractivity contribution in [2.24, 2.45) is 22.9 Å². The molecule has 2 N–H and O–H groups in total. The van der Waals surface area contributed by atoms with Crippen LogP contribution in [0.15, 0.2) is 131 Å². The number of nitro benzene ring substituents is 1. The van der Waals surface area contributed by atoms with Crippen molar-refractivity contribution < 1.29 is 43.4 Å². The number of fused-ring (bicyclic) bond motifs is 2. The van der Waals surface area contributed by atoms with Crippen LogP contribution < -0.4 is 9.47 Å². The molecule has 1 saturated carbocycles. The van der Waals surface area contributed by atoms with Gasteiger partial charge in [0.1, 0.15) is 34.7 Å². The summed E-state index contributed by atoms with van der Waals surface area (Å²) < 4.78 is 35.6. The summed E-state index contributed by atoms with van der Waals surface area (Å²) in [5.74, 6) is -1.42. The molecule has 68 heavy (non-hydrogen) atoms. The molecule has 1 amide bonds. The van der Waals surface area contributed by atoms with Gasteiger partial charge in [-0.2, -0.15) is 0 Å². The van der Waals surface area contributed by atoms with Crippen LogP contribution in [0.4, 0.5) is 10.1 Å². The van der Waals surface area contributed by atoms with E-state index in [1.54, 1.807) is 53.1 Å². The van der Waals surface area contributed by atoms with E-state index in [1.807, 2.05) is 69.5 Å². The fraction of sp³-hybridized carbons (Fsp3) is 0.407. The minimum absolute atomic E-state index is 0.0150. The number of benzene rings is 4. The van der Waals surface area contributed by atoms with Gasteiger partial charge in [-0.25, -0.2) is 4.39 Å². The molecular formula is C54H62FN3O9S. The molecule has 0 radical (unpaired) electrons. The summed E-state index contributed by atoms with van der Waals surface area (Å²) in [4.78, 5) is 35.2. The monoisotopic (exact) mass is 947 g/mol. The van der Waals surface area contributed by atoms with Gasteiger partial charge >= 0.3 is 0 Å². The first-order valence-corrected chi connectivity index (χ1v) is 24.6. The fourth-order valence-electron chi connectivity index (χ4n) is 9.78. The van der Waals surface area contributed by atoms with Gasteiger partial charge < -0.3 is 34.2 Å². The first-order valence-electron chi connectivity index (χ1n) is 23.3. The number of nitro groups is 1. The average molecular weight is 948 g/mol. The SMILES string of the molecule is C=CCO[C@@]12Oc3ccc(Oc4ccc(SC)cc4)cc3[C@H]3[C@H](CCCCO)[C@@H](CCCCO)C=C(C(=NOC(C)(C)C)C[C@@H]1N(Cc1ccc(F)cc1)C(=O)C=Cc1ccc([N+](=O)[O-])cc1)[C@H]32. The van der Waals surface area contributed by atoms with Gasteiger partial charge in [0.2, 0.25) is 11.7 Å². The third-order valence-corrected chi connectivity index (χ3v) is 13.6. The summed E-state index contributed by atoms with van der Waals surface area (Å²) >= 11 is 1.65. The number of hydrogen-bond donors (Lipinski definition) is 2. The lowest BCUT2D eigenvalue weighted by molar-refractivity contribution is -0.384. The predicted molar refractivity (Wildman–Crippen MR) is 263 cm³/mol. The van der Waals surface area contributed by atoms with Gasteiger partial charge in [0.05, 0.1) is 23.2 Å². The molecule has 0 spiro atoms. The summed E-state index contributed by atoms with van der Waals surface area (Å²) in [6.45, 7) is 10.0. The van der Waals surface area contributed by atoms with E-state index in [1.165, 1.54) is 30.3 Å². The lowest BCUT2D eigenvalue weighted by atomic mass is 9.55. The topological polar surface area (TPSA) is 153 Å². The number of nitrogens with zero attached hydrogens (tertiary/aromatic N) is 3. The van der Waals surface area contributed by atoms with Gasteiger partial charge in [0.15, 0.2) is 0 Å². The lowest BCUT2D eigenvalue weighted by Crippen LogP contribution is -2.70. The highest BCUT2D eigenvalue weighted by Crippen LogP contribution is 2.62. The second-order valence-electron chi connectivity index (χ2n) is 18.5. The molecular weight excluding hydrogens is 886 g/mol. The Morgan fingerprint density at radius 1 is 0.985 bits per heavy atom. The number of thioether (sulfide) groups is 1. The van der Waals surface area contributed by atoms with E-state index in [9.17, 15) is 24.7 Å². The molecule has 7 rings (SSSR count). The molecule has 3 aliphatic rings. The number of aliphatic hydroxyl groups excluding tert-OH is 2. The van der Waals surface area contributed by atoms with E-state index in [4.69, 9.17) is 24.2 Å². The van der Waals surface area contributed by atoms with E-state index in [-0.39, 0.29) is 56.2 Å². The van der Waals surface area contributed by atoms with Gasteiger partial charge in [-0.3, -0.25) is 14.9 Å². The largest absolute Gasteiger partial charge is 0.459 e. The number of carbonyl (C=O) groups excluding carboxylic acids is 1. The molecule has 1 fully saturated rings. The molecule has 0 unspecified atom stereocenters. The number of amides is 1. The second-order valence-corrected chi connectivity index (χ2v) is 19.4. The molecule has 0 saturated heterocycles. The van der Waals surface area contributed by atoms with Gasteiger partial charge in [0.25, 0.3) is 5.69 Å². The first kappa shape index (κ1) is 50.1. The number of non-ortho nitro benzene ring substituents is 1. The Morgan fingerprint density at radius 3 is 2.32 bits per heavy atom. The van der Waals surface area contributed by atoms with Crippen molar-refractivity contribution in [2.75, 3.05) is 26.1 Å². The van der Waals surface area contributed by atoms with Crippen molar-refractivity contribution in [1.29, 1.82) is 0 Å². The van der Waals surface area contributed by atoms with Crippen LogP contribution in [0.25, 0.3) is 6.08 Å². The van der Waals surface area contributed by atoms with Crippen molar-refractivity contribution in [3.63, 3.8) is 0 Å². The third-order valence-electron chi connectivity index (χ3n) is 12.8. The van der Waals surface area contributed by atoms with Crippen molar-refractivity contribution in [2.45, 2.75) is 101 Å². The highest BCUT2D eigenvalue weighted by Gasteiger charge is 2.65. The molecule has 2 aliphatic carbocycles. The molecule has 0 aromatic heterocycles. The number of allylic oxidation sites excluding steroid dienone is 1. The van der Waals surface area contributed by atoms with Crippen LogP contribution in [0.1, 0.15) is 88.3 Å². The number of carbonyl (C=O) groups is 1. The Bertz CT molecular complexity index is 2470. The van der Waals surface area contributed by atoms with Gasteiger partial charge in [-0.15, -0.1) is 18.3 Å². The molecule has 12 nitrogen and oxygen atoms in total. The van der Waals surface area contributed by atoms with Crippen LogP contribution in [-0.2, 0) is 20.9 Å². The Hall–Kier alpha value is -5.80.